The van der Waals surface area contributed by atoms with Crippen LogP contribution in [0.3, 0.4) is 0 Å². The van der Waals surface area contributed by atoms with Crippen molar-refractivity contribution in [2.24, 2.45) is 0 Å². The maximum Gasteiger partial charge on any atom is 0.188 e. The van der Waals surface area contributed by atoms with Crippen LogP contribution in [0.2, 0.25) is 0 Å². The average molecular weight is 172 g/mol. The summed E-state index contributed by atoms with van der Waals surface area (Å²) < 4.78 is 0. The summed E-state index contributed by atoms with van der Waals surface area (Å²) in [6.07, 6.45) is 5.21. The number of Topliss-reactive ketones (excluding diaryl/α,β-unsaturated/α-hetero) is 1. The van der Waals surface area contributed by atoms with Crippen LogP contribution in [-0.2, 0) is 0 Å². The first-order valence-corrected chi connectivity index (χ1v) is 4.67. The van der Waals surface area contributed by atoms with Crippen LogP contribution >= 0.6 is 0 Å². The molecule has 1 aromatic carbocycles. The molecule has 0 fully saturated rings. The molecule has 0 spiro atoms. The minimum Gasteiger partial charge on any atom is -0.289 e. The Hall–Kier alpha value is -1.37. The third kappa shape index (κ3) is 1.69. The van der Waals surface area contributed by atoms with E-state index in [2.05, 4.69) is 6.08 Å². The van der Waals surface area contributed by atoms with Crippen molar-refractivity contribution in [2.75, 3.05) is 0 Å². The molecule has 0 bridgehead atoms. The van der Waals surface area contributed by atoms with Crippen molar-refractivity contribution < 1.29 is 4.79 Å². The van der Waals surface area contributed by atoms with Gasteiger partial charge in [-0.1, -0.05) is 36.4 Å². The summed E-state index contributed by atoms with van der Waals surface area (Å²) in [4.78, 5) is 11.8. The first-order chi connectivity index (χ1) is 6.38. The van der Waals surface area contributed by atoms with E-state index < -0.39 is 0 Å². The van der Waals surface area contributed by atoms with Crippen LogP contribution in [0.15, 0.2) is 42.0 Å². The Labute approximate surface area is 78.1 Å². The maximum atomic E-state index is 11.8. The highest BCUT2D eigenvalue weighted by Gasteiger charge is 2.14. The number of benzene rings is 1. The zero-order chi connectivity index (χ0) is 9.10. The molecule has 1 aliphatic rings. The van der Waals surface area contributed by atoms with Crippen LogP contribution in [0, 0.1) is 0 Å². The van der Waals surface area contributed by atoms with Crippen LogP contribution in [0.4, 0.5) is 0 Å². The van der Waals surface area contributed by atoms with Gasteiger partial charge in [0.05, 0.1) is 0 Å². The third-order valence-corrected chi connectivity index (χ3v) is 2.37. The molecule has 0 aliphatic heterocycles. The molecule has 13 heavy (non-hydrogen) atoms. The van der Waals surface area contributed by atoms with Crippen molar-refractivity contribution in [3.8, 4) is 0 Å². The highest BCUT2D eigenvalue weighted by Crippen LogP contribution is 2.21. The summed E-state index contributed by atoms with van der Waals surface area (Å²) in [5, 5.41) is 0. The van der Waals surface area contributed by atoms with E-state index in [9.17, 15) is 4.79 Å². The van der Waals surface area contributed by atoms with E-state index in [0.717, 1.165) is 30.4 Å². The van der Waals surface area contributed by atoms with Gasteiger partial charge >= 0.3 is 0 Å². The summed E-state index contributed by atoms with van der Waals surface area (Å²) in [6, 6.07) is 9.49. The maximum absolute atomic E-state index is 11.8. The topological polar surface area (TPSA) is 17.1 Å². The molecule has 1 aromatic rings. The molecule has 1 heteroatoms. The van der Waals surface area contributed by atoms with E-state index in [4.69, 9.17) is 0 Å². The monoisotopic (exact) mass is 172 g/mol. The predicted octanol–water partition coefficient (Wildman–Crippen LogP) is 2.98. The van der Waals surface area contributed by atoms with Gasteiger partial charge in [0.15, 0.2) is 5.78 Å². The summed E-state index contributed by atoms with van der Waals surface area (Å²) >= 11 is 0. The van der Waals surface area contributed by atoms with Gasteiger partial charge in [-0.3, -0.25) is 4.79 Å². The molecule has 0 N–H and O–H groups in total. The summed E-state index contributed by atoms with van der Waals surface area (Å²) in [5.41, 5.74) is 1.81. The minimum absolute atomic E-state index is 0.207. The van der Waals surface area contributed by atoms with E-state index in [1.54, 1.807) is 0 Å². The minimum atomic E-state index is 0.207. The zero-order valence-corrected chi connectivity index (χ0v) is 7.49. The second kappa shape index (κ2) is 3.56. The Morgan fingerprint density at radius 2 is 1.92 bits per heavy atom. The number of rotatable bonds is 2. The molecule has 0 unspecified atom stereocenters. The van der Waals surface area contributed by atoms with Gasteiger partial charge in [0, 0.05) is 5.56 Å². The van der Waals surface area contributed by atoms with Gasteiger partial charge in [-0.15, -0.1) is 0 Å². The number of ketones is 1. The molecule has 1 aliphatic carbocycles. The fourth-order valence-corrected chi connectivity index (χ4v) is 1.65. The quantitative estimate of drug-likeness (QED) is 0.627. The predicted molar refractivity (Wildman–Crippen MR) is 52.7 cm³/mol. The molecule has 1 nitrogen and oxygen atoms in total. The van der Waals surface area contributed by atoms with E-state index >= 15 is 0 Å². The van der Waals surface area contributed by atoms with Crippen LogP contribution in [-0.4, -0.2) is 5.78 Å². The van der Waals surface area contributed by atoms with Gasteiger partial charge in [-0.25, -0.2) is 0 Å². The Morgan fingerprint density at radius 3 is 2.54 bits per heavy atom. The van der Waals surface area contributed by atoms with E-state index in [1.165, 1.54) is 0 Å². The van der Waals surface area contributed by atoms with Crippen LogP contribution in [0.1, 0.15) is 29.6 Å². The van der Waals surface area contributed by atoms with E-state index in [1.807, 2.05) is 30.3 Å². The first kappa shape index (κ1) is 8.24. The van der Waals surface area contributed by atoms with E-state index in [-0.39, 0.29) is 5.78 Å². The fraction of sp³-hybridized carbons (Fsp3) is 0.250. The van der Waals surface area contributed by atoms with Gasteiger partial charge in [-0.05, 0) is 24.8 Å². The average Bonchev–Trinajstić information content (AvgIpc) is 2.71. The van der Waals surface area contributed by atoms with Gasteiger partial charge < -0.3 is 0 Å². The van der Waals surface area contributed by atoms with Crippen molar-refractivity contribution in [1.82, 2.24) is 0 Å². The second-order valence-electron chi connectivity index (χ2n) is 3.32. The highest BCUT2D eigenvalue weighted by molar-refractivity contribution is 6.08. The molecule has 0 radical (unpaired) electrons. The smallest absolute Gasteiger partial charge is 0.188 e. The van der Waals surface area contributed by atoms with Crippen molar-refractivity contribution >= 4 is 5.78 Å². The van der Waals surface area contributed by atoms with Crippen molar-refractivity contribution in [3.05, 3.63) is 47.5 Å². The SMILES string of the molecule is O=C(C1=CCCC1)c1ccccc1. The van der Waals surface area contributed by atoms with Crippen molar-refractivity contribution in [2.45, 2.75) is 19.3 Å². The Kier molecular flexibility index (Phi) is 2.26. The second-order valence-corrected chi connectivity index (χ2v) is 3.32. The lowest BCUT2D eigenvalue weighted by Crippen LogP contribution is -2.00. The summed E-state index contributed by atoms with van der Waals surface area (Å²) in [6.45, 7) is 0. The standard InChI is InChI=1S/C12H12O/c13-12(11-8-4-5-9-11)10-6-2-1-3-7-10/h1-3,6-8H,4-5,9H2. The van der Waals surface area contributed by atoms with Crippen molar-refractivity contribution in [3.63, 3.8) is 0 Å². The van der Waals surface area contributed by atoms with Gasteiger partial charge in [-0.2, -0.15) is 0 Å². The van der Waals surface area contributed by atoms with Crippen LogP contribution < -0.4 is 0 Å². The van der Waals surface area contributed by atoms with E-state index in [0.29, 0.717) is 0 Å². The molecule has 0 saturated heterocycles. The lowest BCUT2D eigenvalue weighted by atomic mass is 10.0. The largest absolute Gasteiger partial charge is 0.289 e. The number of allylic oxidation sites excluding steroid dienone is 2. The summed E-state index contributed by atoms with van der Waals surface area (Å²) in [5.74, 6) is 0.207. The molecular formula is C12H12O. The Morgan fingerprint density at radius 1 is 1.15 bits per heavy atom. The fourth-order valence-electron chi connectivity index (χ4n) is 1.65. The number of carbonyl (C=O) groups excluding carboxylic acids is 1. The molecule has 0 heterocycles. The van der Waals surface area contributed by atoms with Gasteiger partial charge in [0.2, 0.25) is 0 Å². The molecule has 66 valence electrons. The van der Waals surface area contributed by atoms with Crippen LogP contribution in [0.5, 0.6) is 0 Å². The highest BCUT2D eigenvalue weighted by atomic mass is 16.1. The lowest BCUT2D eigenvalue weighted by Gasteiger charge is -1.99. The lowest BCUT2D eigenvalue weighted by molar-refractivity contribution is 0.103. The van der Waals surface area contributed by atoms with Crippen molar-refractivity contribution in [1.29, 1.82) is 0 Å². The van der Waals surface area contributed by atoms with Crippen LogP contribution in [0.25, 0.3) is 0 Å². The molecule has 0 saturated carbocycles. The Balaban J connectivity index is 2.23. The number of hydrogen-bond acceptors (Lipinski definition) is 1. The molecular weight excluding hydrogens is 160 g/mol. The third-order valence-electron chi connectivity index (χ3n) is 2.37. The van der Waals surface area contributed by atoms with Gasteiger partial charge in [0.1, 0.15) is 0 Å². The molecule has 0 amide bonds. The normalized spacial score (nSPS) is 15.5. The summed E-state index contributed by atoms with van der Waals surface area (Å²) in [7, 11) is 0. The number of carbonyl (C=O) groups is 1. The van der Waals surface area contributed by atoms with Gasteiger partial charge in [0.25, 0.3) is 0 Å². The molecule has 0 atom stereocenters. The molecule has 2 rings (SSSR count). The Bertz CT molecular complexity index is 335. The number of hydrogen-bond donors (Lipinski definition) is 0. The zero-order valence-electron chi connectivity index (χ0n) is 7.49. The molecule has 0 aromatic heterocycles. The first-order valence-electron chi connectivity index (χ1n) is 4.67.